The molecule has 2 nitrogen and oxygen atoms in total. The van der Waals surface area contributed by atoms with Gasteiger partial charge in [0.1, 0.15) is 0 Å². The van der Waals surface area contributed by atoms with E-state index in [9.17, 15) is 26.7 Å². The Morgan fingerprint density at radius 1 is 0.923 bits per heavy atom. The number of halogens is 5. The van der Waals surface area contributed by atoms with Gasteiger partial charge < -0.3 is 4.74 Å². The van der Waals surface area contributed by atoms with Crippen LogP contribution in [0.4, 0.5) is 22.0 Å². The Bertz CT molecular complexity index is 394. The van der Waals surface area contributed by atoms with Crippen LogP contribution in [-0.2, 0) is 9.53 Å². The summed E-state index contributed by atoms with van der Waals surface area (Å²) in [6.45, 7) is 3.66. The molecule has 0 saturated carbocycles. The van der Waals surface area contributed by atoms with Crippen molar-refractivity contribution in [2.45, 2.75) is 89.1 Å². The first-order valence-corrected chi connectivity index (χ1v) is 9.29. The van der Waals surface area contributed by atoms with E-state index in [1.165, 1.54) is 7.11 Å². The lowest BCUT2D eigenvalue weighted by Gasteiger charge is -2.19. The third-order valence-electron chi connectivity index (χ3n) is 4.45. The van der Waals surface area contributed by atoms with Gasteiger partial charge in [0.15, 0.2) is 0 Å². The Balaban J connectivity index is 3.97. The fourth-order valence-electron chi connectivity index (χ4n) is 2.81. The van der Waals surface area contributed by atoms with Crippen LogP contribution in [-0.4, -0.2) is 25.2 Å². The molecule has 0 aromatic carbocycles. The minimum atomic E-state index is -5.48. The van der Waals surface area contributed by atoms with Gasteiger partial charge in [0, 0.05) is 6.42 Å². The van der Waals surface area contributed by atoms with E-state index in [0.717, 1.165) is 32.1 Å². The fraction of sp³-hybridized carbons (Fsp3) is 0.842. The SMILES string of the molecule is C=CCCCCCCC(CCCCCCC(F)(F)C(F)(F)F)C(=O)OC. The monoisotopic (exact) mass is 386 g/mol. The van der Waals surface area contributed by atoms with Crippen molar-refractivity contribution in [2.24, 2.45) is 5.92 Å². The number of allylic oxidation sites excluding steroid dienone is 1. The zero-order valence-corrected chi connectivity index (χ0v) is 15.6. The summed E-state index contributed by atoms with van der Waals surface area (Å²) >= 11 is 0. The van der Waals surface area contributed by atoms with E-state index in [2.05, 4.69) is 6.58 Å². The summed E-state index contributed by atoms with van der Waals surface area (Å²) in [5.41, 5.74) is 0. The normalized spacial score (nSPS) is 13.5. The molecule has 0 amide bonds. The summed E-state index contributed by atoms with van der Waals surface area (Å²) in [6, 6.07) is 0. The van der Waals surface area contributed by atoms with Gasteiger partial charge in [0.05, 0.1) is 13.0 Å². The van der Waals surface area contributed by atoms with Crippen molar-refractivity contribution in [1.29, 1.82) is 0 Å². The van der Waals surface area contributed by atoms with Gasteiger partial charge in [0.2, 0.25) is 0 Å². The Kier molecular flexibility index (Phi) is 12.5. The average molecular weight is 386 g/mol. The number of alkyl halides is 5. The fourth-order valence-corrected chi connectivity index (χ4v) is 2.81. The number of rotatable bonds is 15. The zero-order chi connectivity index (χ0) is 20.1. The Morgan fingerprint density at radius 2 is 1.42 bits per heavy atom. The molecule has 0 fully saturated rings. The summed E-state index contributed by atoms with van der Waals surface area (Å²) in [7, 11) is 1.33. The van der Waals surface area contributed by atoms with Crippen LogP contribution in [0.15, 0.2) is 12.7 Å². The zero-order valence-electron chi connectivity index (χ0n) is 15.6. The number of ether oxygens (including phenoxy) is 1. The summed E-state index contributed by atoms with van der Waals surface area (Å²) in [4.78, 5) is 11.8. The highest BCUT2D eigenvalue weighted by Crippen LogP contribution is 2.39. The van der Waals surface area contributed by atoms with Crippen LogP contribution in [0.1, 0.15) is 77.0 Å². The van der Waals surface area contributed by atoms with Gasteiger partial charge >= 0.3 is 18.1 Å². The van der Waals surface area contributed by atoms with Crippen molar-refractivity contribution in [1.82, 2.24) is 0 Å². The van der Waals surface area contributed by atoms with Gasteiger partial charge in [-0.15, -0.1) is 6.58 Å². The molecule has 26 heavy (non-hydrogen) atoms. The Morgan fingerprint density at radius 3 is 1.88 bits per heavy atom. The number of carbonyl (C=O) groups excluding carboxylic acids is 1. The van der Waals surface area contributed by atoms with E-state index < -0.39 is 18.5 Å². The molecule has 0 saturated heterocycles. The van der Waals surface area contributed by atoms with Crippen LogP contribution in [0.3, 0.4) is 0 Å². The lowest BCUT2D eigenvalue weighted by molar-refractivity contribution is -0.284. The summed E-state index contributed by atoms with van der Waals surface area (Å²) in [5, 5.41) is 0. The van der Waals surface area contributed by atoms with Crippen LogP contribution in [0, 0.1) is 5.92 Å². The van der Waals surface area contributed by atoms with Gasteiger partial charge in [0.25, 0.3) is 0 Å². The molecule has 0 bridgehead atoms. The molecule has 7 heteroatoms. The largest absolute Gasteiger partial charge is 0.469 e. The topological polar surface area (TPSA) is 26.3 Å². The van der Waals surface area contributed by atoms with E-state index in [-0.39, 0.29) is 18.3 Å². The minimum Gasteiger partial charge on any atom is -0.469 e. The molecule has 0 aromatic heterocycles. The Hall–Kier alpha value is -1.14. The highest BCUT2D eigenvalue weighted by molar-refractivity contribution is 5.72. The van der Waals surface area contributed by atoms with Crippen molar-refractivity contribution in [3.05, 3.63) is 12.7 Å². The van der Waals surface area contributed by atoms with Gasteiger partial charge in [-0.3, -0.25) is 4.79 Å². The minimum absolute atomic E-state index is 0.182. The van der Waals surface area contributed by atoms with Gasteiger partial charge in [-0.05, 0) is 32.1 Å². The molecular formula is C19H31F5O2. The maximum absolute atomic E-state index is 12.8. The molecule has 1 atom stereocenters. The molecule has 0 radical (unpaired) electrons. The number of hydrogen-bond acceptors (Lipinski definition) is 2. The lowest BCUT2D eigenvalue weighted by Crippen LogP contribution is -2.36. The first-order valence-electron chi connectivity index (χ1n) is 9.29. The molecule has 0 N–H and O–H groups in total. The molecule has 154 valence electrons. The average Bonchev–Trinajstić information content (AvgIpc) is 2.57. The van der Waals surface area contributed by atoms with E-state index >= 15 is 0 Å². The molecule has 0 aliphatic heterocycles. The van der Waals surface area contributed by atoms with Gasteiger partial charge in [-0.2, -0.15) is 22.0 Å². The van der Waals surface area contributed by atoms with Crippen LogP contribution < -0.4 is 0 Å². The number of methoxy groups -OCH3 is 1. The van der Waals surface area contributed by atoms with Crippen LogP contribution in [0.25, 0.3) is 0 Å². The smallest absolute Gasteiger partial charge is 0.453 e. The van der Waals surface area contributed by atoms with Crippen LogP contribution >= 0.6 is 0 Å². The third-order valence-corrected chi connectivity index (χ3v) is 4.45. The maximum atomic E-state index is 12.8. The number of unbranched alkanes of at least 4 members (excludes halogenated alkanes) is 7. The second kappa shape index (κ2) is 13.1. The standard InChI is InChI=1S/C19H31F5O2/c1-3-4-5-6-7-10-13-16(17(25)26-2)14-11-8-9-12-15-18(20,21)19(22,23)24/h3,16H,1,4-15H2,2H3. The van der Waals surface area contributed by atoms with Crippen molar-refractivity contribution in [3.8, 4) is 0 Å². The van der Waals surface area contributed by atoms with E-state index in [0.29, 0.717) is 32.1 Å². The lowest BCUT2D eigenvalue weighted by atomic mass is 9.94. The number of esters is 1. The highest BCUT2D eigenvalue weighted by Gasteiger charge is 2.56. The van der Waals surface area contributed by atoms with E-state index in [4.69, 9.17) is 4.74 Å². The molecule has 1 unspecified atom stereocenters. The van der Waals surface area contributed by atoms with Crippen LogP contribution in [0.2, 0.25) is 0 Å². The molecule has 0 aliphatic rings. The first kappa shape index (κ1) is 24.9. The molecule has 0 aliphatic carbocycles. The summed E-state index contributed by atoms with van der Waals surface area (Å²) in [6.07, 6.45) is 2.84. The van der Waals surface area contributed by atoms with Crippen molar-refractivity contribution < 1.29 is 31.5 Å². The predicted octanol–water partition coefficient (Wildman–Crippen LogP) is 6.84. The second-order valence-corrected chi connectivity index (χ2v) is 6.66. The van der Waals surface area contributed by atoms with E-state index in [1.807, 2.05) is 6.08 Å². The molecule has 0 rings (SSSR count). The van der Waals surface area contributed by atoms with Gasteiger partial charge in [-0.25, -0.2) is 0 Å². The van der Waals surface area contributed by atoms with Crippen molar-refractivity contribution in [3.63, 3.8) is 0 Å². The molecule has 0 heterocycles. The first-order chi connectivity index (χ1) is 12.2. The van der Waals surface area contributed by atoms with Crippen molar-refractivity contribution >= 4 is 5.97 Å². The summed E-state index contributed by atoms with van der Waals surface area (Å²) < 4.78 is 66.5. The maximum Gasteiger partial charge on any atom is 0.453 e. The number of carbonyl (C=O) groups is 1. The quantitative estimate of drug-likeness (QED) is 0.133. The molecule has 0 spiro atoms. The number of hydrogen-bond donors (Lipinski definition) is 0. The molecular weight excluding hydrogens is 355 g/mol. The van der Waals surface area contributed by atoms with E-state index in [1.54, 1.807) is 0 Å². The predicted molar refractivity (Wildman–Crippen MR) is 92.1 cm³/mol. The van der Waals surface area contributed by atoms with Crippen LogP contribution in [0.5, 0.6) is 0 Å². The van der Waals surface area contributed by atoms with Crippen molar-refractivity contribution in [2.75, 3.05) is 7.11 Å². The third kappa shape index (κ3) is 10.8. The highest BCUT2D eigenvalue weighted by atomic mass is 19.4. The van der Waals surface area contributed by atoms with Gasteiger partial charge in [-0.1, -0.05) is 44.6 Å². The second-order valence-electron chi connectivity index (χ2n) is 6.66. The molecule has 0 aromatic rings. The summed E-state index contributed by atoms with van der Waals surface area (Å²) in [5.74, 6) is -5.12. The Labute approximate surface area is 153 Å².